The Labute approximate surface area is 199 Å². The topological polar surface area (TPSA) is 65.1 Å². The first-order valence-corrected chi connectivity index (χ1v) is 11.8. The monoisotopic (exact) mass is 468 g/mol. The second kappa shape index (κ2) is 10.3. The van der Waals surface area contributed by atoms with Gasteiger partial charge in [-0.2, -0.15) is 4.98 Å². The largest absolute Gasteiger partial charge is 0.362 e. The molecule has 0 saturated heterocycles. The van der Waals surface area contributed by atoms with Gasteiger partial charge in [-0.1, -0.05) is 41.9 Å². The third-order valence-electron chi connectivity index (χ3n) is 5.80. The fraction of sp³-hybridized carbons (Fsp3) is 0.375. The van der Waals surface area contributed by atoms with Crippen LogP contribution in [0.25, 0.3) is 10.9 Å². The number of halogens is 1. The maximum atomic E-state index is 6.22. The van der Waals surface area contributed by atoms with E-state index in [1.54, 1.807) is 0 Å². The third kappa shape index (κ3) is 5.58. The van der Waals surface area contributed by atoms with Crippen molar-refractivity contribution in [2.75, 3.05) is 24.3 Å². The lowest BCUT2D eigenvalue weighted by Crippen LogP contribution is -2.44. The molecule has 1 heterocycles. The molecule has 8 heteroatoms. The molecule has 2 aromatic carbocycles. The Hall–Kier alpha value is -2.64. The first-order valence-electron chi connectivity index (χ1n) is 11.0. The molecule has 4 rings (SSSR count). The minimum atomic E-state index is 0.355. The molecule has 1 aliphatic carbocycles. The van der Waals surface area contributed by atoms with E-state index in [1.165, 1.54) is 0 Å². The Bertz CT molecular complexity index is 1080. The van der Waals surface area contributed by atoms with E-state index >= 15 is 0 Å². The molecular formula is C24H29ClN6S. The van der Waals surface area contributed by atoms with Gasteiger partial charge in [-0.05, 0) is 61.7 Å². The number of hydrogen-bond acceptors (Lipinski definition) is 5. The molecule has 0 amide bonds. The van der Waals surface area contributed by atoms with E-state index in [0.29, 0.717) is 29.7 Å². The molecular weight excluding hydrogens is 440 g/mol. The highest BCUT2D eigenvalue weighted by atomic mass is 35.5. The van der Waals surface area contributed by atoms with Crippen molar-refractivity contribution in [3.05, 3.63) is 59.1 Å². The normalized spacial score (nSPS) is 18.2. The van der Waals surface area contributed by atoms with E-state index < -0.39 is 0 Å². The molecule has 0 bridgehead atoms. The van der Waals surface area contributed by atoms with Crippen LogP contribution in [0.1, 0.15) is 31.2 Å². The molecule has 1 aromatic heterocycles. The number of nitrogens with zero attached hydrogens (tertiary/aromatic N) is 3. The zero-order valence-corrected chi connectivity index (χ0v) is 20.0. The zero-order chi connectivity index (χ0) is 22.5. The molecule has 3 aromatic rings. The van der Waals surface area contributed by atoms with Gasteiger partial charge in [0.15, 0.2) is 5.11 Å². The molecule has 0 spiro atoms. The second-order valence-electron chi connectivity index (χ2n) is 8.39. The number of benzene rings is 2. The van der Waals surface area contributed by atoms with E-state index in [1.807, 2.05) is 61.5 Å². The van der Waals surface area contributed by atoms with Crippen molar-refractivity contribution < 1.29 is 0 Å². The van der Waals surface area contributed by atoms with Crippen LogP contribution in [0.5, 0.6) is 0 Å². The molecule has 168 valence electrons. The van der Waals surface area contributed by atoms with E-state index in [2.05, 4.69) is 22.0 Å². The van der Waals surface area contributed by atoms with Crippen molar-refractivity contribution in [3.8, 4) is 0 Å². The van der Waals surface area contributed by atoms with Gasteiger partial charge >= 0.3 is 0 Å². The highest BCUT2D eigenvalue weighted by molar-refractivity contribution is 7.80. The summed E-state index contributed by atoms with van der Waals surface area (Å²) in [5.74, 6) is 1.63. The van der Waals surface area contributed by atoms with Gasteiger partial charge in [-0.15, -0.1) is 0 Å². The first-order chi connectivity index (χ1) is 15.5. The Morgan fingerprint density at radius 3 is 2.44 bits per heavy atom. The van der Waals surface area contributed by atoms with E-state index in [-0.39, 0.29) is 0 Å². The molecule has 0 unspecified atom stereocenters. The number of nitrogens with one attached hydrogen (secondary N) is 3. The van der Waals surface area contributed by atoms with E-state index in [0.717, 1.165) is 53.0 Å². The number of para-hydroxylation sites is 1. The molecule has 3 N–H and O–H groups in total. The molecule has 0 atom stereocenters. The van der Waals surface area contributed by atoms with Crippen LogP contribution in [-0.2, 0) is 6.54 Å². The lowest BCUT2D eigenvalue weighted by molar-refractivity contribution is 0.385. The van der Waals surface area contributed by atoms with E-state index in [4.69, 9.17) is 33.8 Å². The summed E-state index contributed by atoms with van der Waals surface area (Å²) >= 11 is 11.7. The summed E-state index contributed by atoms with van der Waals surface area (Å²) < 4.78 is 0. The molecule has 6 nitrogen and oxygen atoms in total. The summed E-state index contributed by atoms with van der Waals surface area (Å²) in [4.78, 5) is 11.5. The maximum Gasteiger partial charge on any atom is 0.225 e. The van der Waals surface area contributed by atoms with Gasteiger partial charge in [0.05, 0.1) is 5.52 Å². The lowest BCUT2D eigenvalue weighted by Gasteiger charge is -2.30. The quantitative estimate of drug-likeness (QED) is 0.451. The van der Waals surface area contributed by atoms with Crippen LogP contribution in [0.3, 0.4) is 0 Å². The van der Waals surface area contributed by atoms with Crippen molar-refractivity contribution in [1.29, 1.82) is 0 Å². The first kappa shape index (κ1) is 22.6. The van der Waals surface area contributed by atoms with Crippen molar-refractivity contribution in [2.45, 2.75) is 44.3 Å². The highest BCUT2D eigenvalue weighted by Gasteiger charge is 2.22. The standard InChI is InChI=1S/C24H29ClN6S/c1-31(2)22-19-8-4-6-10-21(19)29-23(30-22)27-17-11-13-18(14-12-17)28-24(32)26-15-16-7-3-5-9-20(16)25/h3-10,17-18H,11-15H2,1-2H3,(H2,26,28,32)(H,27,29,30)/t17-,18+. The van der Waals surface area contributed by atoms with Crippen molar-refractivity contribution in [2.24, 2.45) is 0 Å². The van der Waals surface area contributed by atoms with Crippen LogP contribution in [0.4, 0.5) is 11.8 Å². The maximum absolute atomic E-state index is 6.22. The summed E-state index contributed by atoms with van der Waals surface area (Å²) in [7, 11) is 4.02. The Kier molecular flexibility index (Phi) is 7.27. The number of aromatic nitrogens is 2. The summed E-state index contributed by atoms with van der Waals surface area (Å²) in [6.07, 6.45) is 4.16. The van der Waals surface area contributed by atoms with Gasteiger partial charge in [0.2, 0.25) is 5.95 Å². The predicted molar refractivity (Wildman–Crippen MR) is 138 cm³/mol. The van der Waals surface area contributed by atoms with Crippen molar-refractivity contribution in [3.63, 3.8) is 0 Å². The summed E-state index contributed by atoms with van der Waals surface area (Å²) in [6.45, 7) is 0.621. The third-order valence-corrected chi connectivity index (χ3v) is 6.43. The number of hydrogen-bond donors (Lipinski definition) is 3. The Morgan fingerprint density at radius 2 is 1.69 bits per heavy atom. The van der Waals surface area contributed by atoms with Crippen molar-refractivity contribution in [1.82, 2.24) is 20.6 Å². The fourth-order valence-electron chi connectivity index (χ4n) is 4.08. The van der Waals surface area contributed by atoms with Gasteiger partial charge in [0.25, 0.3) is 0 Å². The highest BCUT2D eigenvalue weighted by Crippen LogP contribution is 2.26. The second-order valence-corrected chi connectivity index (χ2v) is 9.21. The lowest BCUT2D eigenvalue weighted by atomic mass is 9.91. The van der Waals surface area contributed by atoms with Crippen molar-refractivity contribution >= 4 is 51.6 Å². The van der Waals surface area contributed by atoms with Gasteiger partial charge in [0.1, 0.15) is 5.82 Å². The molecule has 0 aliphatic heterocycles. The average Bonchev–Trinajstić information content (AvgIpc) is 2.79. The molecule has 1 fully saturated rings. The molecule has 1 aliphatic rings. The number of anilines is 2. The molecule has 1 saturated carbocycles. The van der Waals surface area contributed by atoms with Crippen LogP contribution in [0.2, 0.25) is 5.02 Å². The Morgan fingerprint density at radius 1 is 1.00 bits per heavy atom. The molecule has 32 heavy (non-hydrogen) atoms. The minimum absolute atomic E-state index is 0.355. The van der Waals surface area contributed by atoms with Crippen LogP contribution in [0, 0.1) is 0 Å². The summed E-state index contributed by atoms with van der Waals surface area (Å²) in [5.41, 5.74) is 2.00. The smallest absolute Gasteiger partial charge is 0.225 e. The average molecular weight is 469 g/mol. The Balaban J connectivity index is 1.29. The predicted octanol–water partition coefficient (Wildman–Crippen LogP) is 4.74. The summed E-state index contributed by atoms with van der Waals surface area (Å²) in [6, 6.07) is 16.7. The van der Waals surface area contributed by atoms with Gasteiger partial charge in [0, 0.05) is 43.1 Å². The SMILES string of the molecule is CN(C)c1nc(N[C@H]2CC[C@@H](NC(=S)NCc3ccccc3Cl)CC2)nc2ccccc12. The van der Waals surface area contributed by atoms with Gasteiger partial charge in [-0.25, -0.2) is 4.98 Å². The molecule has 0 radical (unpaired) electrons. The van der Waals surface area contributed by atoms with Gasteiger partial charge in [-0.3, -0.25) is 0 Å². The summed E-state index contributed by atoms with van der Waals surface area (Å²) in [5, 5.41) is 12.8. The van der Waals surface area contributed by atoms with Crippen LogP contribution < -0.4 is 20.9 Å². The zero-order valence-electron chi connectivity index (χ0n) is 18.4. The number of thiocarbonyl (C=S) groups is 1. The minimum Gasteiger partial charge on any atom is -0.362 e. The van der Waals surface area contributed by atoms with E-state index in [9.17, 15) is 0 Å². The fourth-order valence-corrected chi connectivity index (χ4v) is 4.53. The number of rotatable bonds is 6. The van der Waals surface area contributed by atoms with Gasteiger partial charge < -0.3 is 20.9 Å². The van der Waals surface area contributed by atoms with Crippen LogP contribution >= 0.6 is 23.8 Å². The van der Waals surface area contributed by atoms with Crippen LogP contribution in [-0.4, -0.2) is 41.3 Å². The number of fused-ring (bicyclic) bond motifs is 1. The van der Waals surface area contributed by atoms with Crippen LogP contribution in [0.15, 0.2) is 48.5 Å².